The van der Waals surface area contributed by atoms with Gasteiger partial charge >= 0.3 is 5.88 Å². The highest BCUT2D eigenvalue weighted by molar-refractivity contribution is 8.18. The Balaban J connectivity index is 2.15. The maximum absolute atomic E-state index is 11.5. The van der Waals surface area contributed by atoms with Crippen molar-refractivity contribution in [2.24, 2.45) is 4.99 Å². The summed E-state index contributed by atoms with van der Waals surface area (Å²) in [4.78, 5) is 35.9. The zero-order valence-corrected chi connectivity index (χ0v) is 10.4. The van der Waals surface area contributed by atoms with Gasteiger partial charge in [-0.05, 0) is 17.8 Å². The number of nitrogens with zero attached hydrogens (tertiary/aromatic N) is 2. The first-order chi connectivity index (χ1) is 8.95. The van der Waals surface area contributed by atoms with E-state index in [2.05, 4.69) is 10.3 Å². The minimum atomic E-state index is -0.676. The Hall–Kier alpha value is -2.42. The van der Waals surface area contributed by atoms with E-state index in [4.69, 9.17) is 4.42 Å². The molecule has 19 heavy (non-hydrogen) atoms. The summed E-state index contributed by atoms with van der Waals surface area (Å²) >= 11 is 0.959. The van der Waals surface area contributed by atoms with Crippen molar-refractivity contribution in [1.82, 2.24) is 5.32 Å². The van der Waals surface area contributed by atoms with Gasteiger partial charge in [-0.1, -0.05) is 0 Å². The molecule has 1 N–H and O–H groups in total. The number of carbonyl (C=O) groups excluding carboxylic acids is 2. The van der Waals surface area contributed by atoms with Crippen LogP contribution >= 0.6 is 11.8 Å². The summed E-state index contributed by atoms with van der Waals surface area (Å²) in [6.45, 7) is 1.30. The van der Waals surface area contributed by atoms with Crippen LogP contribution in [-0.2, 0) is 9.59 Å². The number of nitro groups is 1. The largest absolute Gasteiger partial charge is 0.433 e. The molecule has 9 heteroatoms. The molecule has 0 saturated heterocycles. The average Bonchev–Trinajstić information content (AvgIpc) is 2.87. The van der Waals surface area contributed by atoms with Gasteiger partial charge in [0.05, 0.1) is 11.0 Å². The van der Waals surface area contributed by atoms with E-state index in [1.807, 2.05) is 0 Å². The van der Waals surface area contributed by atoms with Crippen molar-refractivity contribution >= 4 is 40.7 Å². The molecule has 8 nitrogen and oxygen atoms in total. The Morgan fingerprint density at radius 3 is 2.89 bits per heavy atom. The molecular weight excluding hydrogens is 274 g/mol. The first kappa shape index (κ1) is 13.0. The van der Waals surface area contributed by atoms with Crippen molar-refractivity contribution in [2.45, 2.75) is 6.92 Å². The molecule has 1 aliphatic rings. The third-order valence-corrected chi connectivity index (χ3v) is 2.87. The molecular formula is C10H7N3O5S. The maximum Gasteiger partial charge on any atom is 0.433 e. The highest BCUT2D eigenvalue weighted by Crippen LogP contribution is 2.28. The molecule has 0 bridgehead atoms. The first-order valence-electron chi connectivity index (χ1n) is 5.00. The summed E-state index contributed by atoms with van der Waals surface area (Å²) in [7, 11) is 0. The van der Waals surface area contributed by atoms with Crippen LogP contribution in [0.4, 0.5) is 5.88 Å². The highest BCUT2D eigenvalue weighted by Gasteiger charge is 2.23. The van der Waals surface area contributed by atoms with Gasteiger partial charge in [0, 0.05) is 13.0 Å². The zero-order chi connectivity index (χ0) is 14.0. The molecule has 0 unspecified atom stereocenters. The van der Waals surface area contributed by atoms with E-state index < -0.39 is 16.7 Å². The number of furan rings is 1. The lowest BCUT2D eigenvalue weighted by atomic mass is 10.4. The molecule has 2 amide bonds. The fourth-order valence-corrected chi connectivity index (χ4v) is 2.10. The molecule has 0 spiro atoms. The molecule has 2 heterocycles. The summed E-state index contributed by atoms with van der Waals surface area (Å²) in [5, 5.41) is 13.0. The van der Waals surface area contributed by atoms with Crippen LogP contribution in [0.25, 0.3) is 6.08 Å². The molecule has 2 rings (SSSR count). The number of hydrogen-bond donors (Lipinski definition) is 1. The van der Waals surface area contributed by atoms with Crippen molar-refractivity contribution in [2.75, 3.05) is 0 Å². The predicted molar refractivity (Wildman–Crippen MR) is 67.2 cm³/mol. The highest BCUT2D eigenvalue weighted by atomic mass is 32.2. The van der Waals surface area contributed by atoms with Crippen molar-refractivity contribution in [3.05, 3.63) is 32.9 Å². The van der Waals surface area contributed by atoms with E-state index in [9.17, 15) is 19.7 Å². The first-order valence-corrected chi connectivity index (χ1v) is 5.82. The van der Waals surface area contributed by atoms with Crippen molar-refractivity contribution in [3.8, 4) is 0 Å². The van der Waals surface area contributed by atoms with E-state index in [1.54, 1.807) is 0 Å². The fraction of sp³-hybridized carbons (Fsp3) is 0.100. The van der Waals surface area contributed by atoms with Crippen molar-refractivity contribution in [3.63, 3.8) is 0 Å². The number of amides is 2. The monoisotopic (exact) mass is 281 g/mol. The topological polar surface area (TPSA) is 115 Å². The van der Waals surface area contributed by atoms with Gasteiger partial charge in [0.25, 0.3) is 5.91 Å². The van der Waals surface area contributed by atoms with Gasteiger partial charge in [-0.25, -0.2) is 0 Å². The van der Waals surface area contributed by atoms with E-state index in [1.165, 1.54) is 25.1 Å². The van der Waals surface area contributed by atoms with Crippen LogP contribution in [0.1, 0.15) is 12.7 Å². The molecule has 1 aromatic rings. The number of hydrogen-bond acceptors (Lipinski definition) is 6. The number of aliphatic imine (C=N–C) groups is 1. The Morgan fingerprint density at radius 1 is 1.58 bits per heavy atom. The normalized spacial score (nSPS) is 16.6. The van der Waals surface area contributed by atoms with E-state index in [0.29, 0.717) is 0 Å². The minimum absolute atomic E-state index is 0.168. The quantitative estimate of drug-likeness (QED) is 0.496. The van der Waals surface area contributed by atoms with Gasteiger partial charge in [0.1, 0.15) is 10.7 Å². The van der Waals surface area contributed by atoms with E-state index in [-0.39, 0.29) is 21.7 Å². The number of thioether (sulfide) groups is 1. The SMILES string of the molecule is CC(=O)NC1=NC(=O)/C(=C\c2ccc([N+](=O)[O-])o2)S1. The van der Waals surface area contributed by atoms with Crippen molar-refractivity contribution < 1.29 is 18.9 Å². The van der Waals surface area contributed by atoms with E-state index >= 15 is 0 Å². The Kier molecular flexibility index (Phi) is 3.47. The van der Waals surface area contributed by atoms with Crippen LogP contribution in [0.3, 0.4) is 0 Å². The molecule has 0 fully saturated rings. The zero-order valence-electron chi connectivity index (χ0n) is 9.58. The lowest BCUT2D eigenvalue weighted by Gasteiger charge is -1.96. The van der Waals surface area contributed by atoms with Crippen LogP contribution in [0.15, 0.2) is 26.4 Å². The smallest absolute Gasteiger partial charge is 0.401 e. The third-order valence-electron chi connectivity index (χ3n) is 1.97. The molecule has 0 radical (unpaired) electrons. The summed E-state index contributed by atoms with van der Waals surface area (Å²) in [6, 6.07) is 2.56. The van der Waals surface area contributed by atoms with Gasteiger partial charge in [0.15, 0.2) is 5.17 Å². The maximum atomic E-state index is 11.5. The third kappa shape index (κ3) is 3.07. The van der Waals surface area contributed by atoms with Crippen LogP contribution < -0.4 is 5.32 Å². The van der Waals surface area contributed by atoms with Crippen LogP contribution in [-0.4, -0.2) is 21.9 Å². The van der Waals surface area contributed by atoms with Crippen LogP contribution in [0.2, 0.25) is 0 Å². The molecule has 1 aliphatic heterocycles. The average molecular weight is 281 g/mol. The van der Waals surface area contributed by atoms with Gasteiger partial charge in [0.2, 0.25) is 5.91 Å². The van der Waals surface area contributed by atoms with Crippen LogP contribution in [0.5, 0.6) is 0 Å². The summed E-state index contributed by atoms with van der Waals surface area (Å²) in [6.07, 6.45) is 1.33. The Bertz CT molecular complexity index is 631. The van der Waals surface area contributed by atoms with Gasteiger partial charge in [-0.2, -0.15) is 4.99 Å². The number of carbonyl (C=O) groups is 2. The second-order valence-corrected chi connectivity index (χ2v) is 4.48. The molecule has 0 aliphatic carbocycles. The van der Waals surface area contributed by atoms with Gasteiger partial charge in [-0.3, -0.25) is 19.7 Å². The Labute approximate surface area is 110 Å². The summed E-state index contributed by atoms with van der Waals surface area (Å²) < 4.78 is 4.89. The van der Waals surface area contributed by atoms with E-state index in [0.717, 1.165) is 11.8 Å². The lowest BCUT2D eigenvalue weighted by Crippen LogP contribution is -2.23. The second-order valence-electron chi connectivity index (χ2n) is 3.45. The molecule has 0 atom stereocenters. The predicted octanol–water partition coefficient (Wildman–Crippen LogP) is 1.29. The molecule has 1 aromatic heterocycles. The lowest BCUT2D eigenvalue weighted by molar-refractivity contribution is -0.402. The standard InChI is InChI=1S/C10H7N3O5S/c1-5(14)11-10-12-9(15)7(19-10)4-6-2-3-8(18-6)13(16)17/h2-4H,1H3,(H,11,12,14,15)/b7-4+. The van der Waals surface area contributed by atoms with Gasteiger partial charge < -0.3 is 9.73 Å². The summed E-state index contributed by atoms with van der Waals surface area (Å²) in [5.74, 6) is -1.12. The van der Waals surface area contributed by atoms with Crippen LogP contribution in [0, 0.1) is 10.1 Å². The molecule has 0 aromatic carbocycles. The second kappa shape index (κ2) is 5.06. The van der Waals surface area contributed by atoms with Gasteiger partial charge in [-0.15, -0.1) is 0 Å². The summed E-state index contributed by atoms with van der Waals surface area (Å²) in [5.41, 5.74) is 0. The molecule has 98 valence electrons. The molecule has 0 saturated carbocycles. The number of amidine groups is 1. The fourth-order valence-electron chi connectivity index (χ4n) is 1.26. The van der Waals surface area contributed by atoms with Crippen molar-refractivity contribution in [1.29, 1.82) is 0 Å². The number of rotatable bonds is 2. The number of nitrogens with one attached hydrogen (secondary N) is 1. The Morgan fingerprint density at radius 2 is 2.32 bits per heavy atom. The minimum Gasteiger partial charge on any atom is -0.401 e.